The first-order valence-electron chi connectivity index (χ1n) is 9.17. The summed E-state index contributed by atoms with van der Waals surface area (Å²) in [5, 5.41) is 12.8. The Kier molecular flexibility index (Phi) is 7.95. The zero-order valence-electron chi connectivity index (χ0n) is 16.2. The predicted molar refractivity (Wildman–Crippen MR) is 106 cm³/mol. The van der Waals surface area contributed by atoms with Gasteiger partial charge in [0.2, 0.25) is 0 Å². The number of hydrogen-bond donors (Lipinski definition) is 2. The summed E-state index contributed by atoms with van der Waals surface area (Å²) in [6, 6.07) is 12.2. The van der Waals surface area contributed by atoms with E-state index in [0.29, 0.717) is 18.9 Å². The van der Waals surface area contributed by atoms with Gasteiger partial charge in [0.25, 0.3) is 5.91 Å². The highest BCUT2D eigenvalue weighted by atomic mass is 16.5. The maximum absolute atomic E-state index is 12.4. The van der Waals surface area contributed by atoms with Gasteiger partial charge in [-0.15, -0.1) is 0 Å². The molecule has 1 amide bonds. The van der Waals surface area contributed by atoms with Crippen LogP contribution in [0.1, 0.15) is 29.8 Å². The van der Waals surface area contributed by atoms with E-state index in [-0.39, 0.29) is 17.2 Å². The number of nitrogens with one attached hydrogen (secondary N) is 1. The Bertz CT molecular complexity index is 745. The van der Waals surface area contributed by atoms with E-state index in [2.05, 4.69) is 24.1 Å². The lowest BCUT2D eigenvalue weighted by molar-refractivity contribution is 0.0948. The van der Waals surface area contributed by atoms with Crippen LogP contribution in [0.4, 0.5) is 0 Å². The summed E-state index contributed by atoms with van der Waals surface area (Å²) in [6.07, 6.45) is 0. The van der Waals surface area contributed by atoms with Gasteiger partial charge in [-0.25, -0.2) is 0 Å². The second-order valence-corrected chi connectivity index (χ2v) is 6.05. The quantitative estimate of drug-likeness (QED) is 0.671. The number of carbonyl (C=O) groups excluding carboxylic acids is 1. The average molecular weight is 372 g/mol. The lowest BCUT2D eigenvalue weighted by Crippen LogP contribution is -2.28. The normalized spacial score (nSPS) is 10.7. The molecule has 0 aliphatic carbocycles. The van der Waals surface area contributed by atoms with Crippen molar-refractivity contribution in [3.8, 4) is 17.2 Å². The van der Waals surface area contributed by atoms with Crippen molar-refractivity contribution in [2.45, 2.75) is 20.4 Å². The van der Waals surface area contributed by atoms with Crippen LogP contribution in [0.25, 0.3) is 0 Å². The summed E-state index contributed by atoms with van der Waals surface area (Å²) < 4.78 is 10.9. The molecule has 0 atom stereocenters. The monoisotopic (exact) mass is 372 g/mol. The van der Waals surface area contributed by atoms with Gasteiger partial charge < -0.3 is 24.8 Å². The van der Waals surface area contributed by atoms with E-state index in [1.807, 2.05) is 24.3 Å². The van der Waals surface area contributed by atoms with Gasteiger partial charge in [0.05, 0.1) is 12.7 Å². The maximum Gasteiger partial charge on any atom is 0.255 e. The number of carbonyl (C=O) groups is 1. The van der Waals surface area contributed by atoms with Crippen molar-refractivity contribution in [3.63, 3.8) is 0 Å². The zero-order valence-corrected chi connectivity index (χ0v) is 16.2. The minimum atomic E-state index is -0.354. The van der Waals surface area contributed by atoms with Crippen LogP contribution in [0.15, 0.2) is 42.5 Å². The second kappa shape index (κ2) is 10.4. The Morgan fingerprint density at radius 1 is 1.15 bits per heavy atom. The third kappa shape index (κ3) is 5.89. The van der Waals surface area contributed by atoms with E-state index in [1.165, 1.54) is 19.2 Å². The molecule has 0 bridgehead atoms. The molecule has 0 saturated heterocycles. The summed E-state index contributed by atoms with van der Waals surface area (Å²) in [5.41, 5.74) is 1.09. The maximum atomic E-state index is 12.4. The summed E-state index contributed by atoms with van der Waals surface area (Å²) >= 11 is 0. The van der Waals surface area contributed by atoms with Gasteiger partial charge in [0.15, 0.2) is 0 Å². The van der Waals surface area contributed by atoms with Gasteiger partial charge >= 0.3 is 0 Å². The molecule has 0 radical (unpaired) electrons. The van der Waals surface area contributed by atoms with Gasteiger partial charge in [-0.05, 0) is 31.3 Å². The van der Waals surface area contributed by atoms with Crippen molar-refractivity contribution >= 4 is 5.91 Å². The van der Waals surface area contributed by atoms with Crippen LogP contribution < -0.4 is 14.8 Å². The highest BCUT2D eigenvalue weighted by molar-refractivity contribution is 5.97. The molecule has 0 saturated carbocycles. The summed E-state index contributed by atoms with van der Waals surface area (Å²) in [5.74, 6) is 0.781. The topological polar surface area (TPSA) is 71.0 Å². The third-order valence-electron chi connectivity index (χ3n) is 4.42. The molecule has 0 spiro atoms. The molecular weight excluding hydrogens is 344 g/mol. The van der Waals surface area contributed by atoms with E-state index in [0.717, 1.165) is 30.9 Å². The SMILES string of the molecule is CCN(CC)CCOc1ccccc1CNC(=O)c1ccc(OC)cc1O. The van der Waals surface area contributed by atoms with Gasteiger partial charge in [-0.3, -0.25) is 4.79 Å². The van der Waals surface area contributed by atoms with Crippen molar-refractivity contribution in [1.82, 2.24) is 10.2 Å². The lowest BCUT2D eigenvalue weighted by Gasteiger charge is -2.19. The fourth-order valence-electron chi connectivity index (χ4n) is 2.72. The molecule has 6 heteroatoms. The van der Waals surface area contributed by atoms with E-state index < -0.39 is 0 Å². The number of para-hydroxylation sites is 1. The van der Waals surface area contributed by atoms with E-state index in [4.69, 9.17) is 9.47 Å². The van der Waals surface area contributed by atoms with E-state index >= 15 is 0 Å². The first-order chi connectivity index (χ1) is 13.1. The van der Waals surface area contributed by atoms with Crippen molar-refractivity contribution in [1.29, 1.82) is 0 Å². The highest BCUT2D eigenvalue weighted by Crippen LogP contribution is 2.24. The Morgan fingerprint density at radius 3 is 2.56 bits per heavy atom. The molecule has 2 aromatic rings. The van der Waals surface area contributed by atoms with Crippen molar-refractivity contribution in [2.24, 2.45) is 0 Å². The van der Waals surface area contributed by atoms with Gasteiger partial charge in [-0.1, -0.05) is 32.0 Å². The van der Waals surface area contributed by atoms with Crippen molar-refractivity contribution in [3.05, 3.63) is 53.6 Å². The van der Waals surface area contributed by atoms with Crippen LogP contribution in [-0.4, -0.2) is 49.3 Å². The number of benzene rings is 2. The third-order valence-corrected chi connectivity index (χ3v) is 4.42. The number of hydrogen-bond acceptors (Lipinski definition) is 5. The number of ether oxygens (including phenoxy) is 2. The van der Waals surface area contributed by atoms with Gasteiger partial charge in [0.1, 0.15) is 23.9 Å². The van der Waals surface area contributed by atoms with E-state index in [1.54, 1.807) is 6.07 Å². The van der Waals surface area contributed by atoms with Crippen LogP contribution in [0.2, 0.25) is 0 Å². The van der Waals surface area contributed by atoms with E-state index in [9.17, 15) is 9.90 Å². The average Bonchev–Trinajstić information content (AvgIpc) is 2.70. The Hall–Kier alpha value is -2.73. The standard InChI is InChI=1S/C21H28N2O4/c1-4-23(5-2)12-13-27-20-9-7-6-8-16(20)15-22-21(25)18-11-10-17(26-3)14-19(18)24/h6-11,14,24H,4-5,12-13,15H2,1-3H3,(H,22,25). The first kappa shape index (κ1) is 20.6. The molecule has 6 nitrogen and oxygen atoms in total. The lowest BCUT2D eigenvalue weighted by atomic mass is 10.1. The Morgan fingerprint density at radius 2 is 1.89 bits per heavy atom. The molecule has 0 aromatic heterocycles. The van der Waals surface area contributed by atoms with Crippen molar-refractivity contribution in [2.75, 3.05) is 33.4 Å². The second-order valence-electron chi connectivity index (χ2n) is 6.05. The number of likely N-dealkylation sites (N-methyl/N-ethyl adjacent to an activating group) is 1. The molecule has 27 heavy (non-hydrogen) atoms. The number of aromatic hydroxyl groups is 1. The largest absolute Gasteiger partial charge is 0.507 e. The number of phenolic OH excluding ortho intramolecular Hbond substituents is 1. The van der Waals surface area contributed by atoms with Crippen LogP contribution >= 0.6 is 0 Å². The first-order valence-corrected chi connectivity index (χ1v) is 9.17. The highest BCUT2D eigenvalue weighted by Gasteiger charge is 2.13. The number of methoxy groups -OCH3 is 1. The zero-order chi connectivity index (χ0) is 19.6. The molecule has 2 aromatic carbocycles. The summed E-state index contributed by atoms with van der Waals surface area (Å²) in [7, 11) is 1.51. The number of nitrogens with zero attached hydrogens (tertiary/aromatic N) is 1. The van der Waals surface area contributed by atoms with Gasteiger partial charge in [0, 0.05) is 24.7 Å². The van der Waals surface area contributed by atoms with Crippen LogP contribution in [0, 0.1) is 0 Å². The molecule has 146 valence electrons. The minimum Gasteiger partial charge on any atom is -0.507 e. The molecule has 0 aliphatic heterocycles. The van der Waals surface area contributed by atoms with Crippen molar-refractivity contribution < 1.29 is 19.4 Å². The Balaban J connectivity index is 1.96. The van der Waals surface area contributed by atoms with Crippen LogP contribution in [-0.2, 0) is 6.54 Å². The number of phenols is 1. The number of rotatable bonds is 10. The molecular formula is C21H28N2O4. The summed E-state index contributed by atoms with van der Waals surface area (Å²) in [4.78, 5) is 14.7. The molecule has 0 heterocycles. The predicted octanol–water partition coefficient (Wildman–Crippen LogP) is 3.05. The van der Waals surface area contributed by atoms with Gasteiger partial charge in [-0.2, -0.15) is 0 Å². The molecule has 2 rings (SSSR count). The Labute approximate surface area is 160 Å². The smallest absolute Gasteiger partial charge is 0.255 e. The minimum absolute atomic E-state index is 0.115. The number of amides is 1. The molecule has 0 aliphatic rings. The molecule has 0 unspecified atom stereocenters. The molecule has 0 fully saturated rings. The van der Waals surface area contributed by atoms with Crippen LogP contribution in [0.3, 0.4) is 0 Å². The fraction of sp³-hybridized carbons (Fsp3) is 0.381. The van der Waals surface area contributed by atoms with Crippen LogP contribution in [0.5, 0.6) is 17.2 Å². The fourth-order valence-corrected chi connectivity index (χ4v) is 2.72. The summed E-state index contributed by atoms with van der Waals surface area (Å²) in [6.45, 7) is 7.99. The molecule has 2 N–H and O–H groups in total.